The number of nitrogens with zero attached hydrogens (tertiary/aromatic N) is 4. The van der Waals surface area contributed by atoms with Gasteiger partial charge in [-0.3, -0.25) is 10.1 Å². The zero-order chi connectivity index (χ0) is 18.8. The summed E-state index contributed by atoms with van der Waals surface area (Å²) in [6, 6.07) is 12.7. The number of imidazole rings is 1. The molecule has 7 nitrogen and oxygen atoms in total. The summed E-state index contributed by atoms with van der Waals surface area (Å²) in [4.78, 5) is 22.4. The smallest absolute Gasteiger partial charge is 0.257 e. The molecule has 1 amide bonds. The van der Waals surface area contributed by atoms with Crippen LogP contribution in [0.3, 0.4) is 0 Å². The van der Waals surface area contributed by atoms with E-state index < -0.39 is 0 Å². The molecular formula is C19H15N5O2S. The first-order chi connectivity index (χ1) is 13.1. The third-order valence-electron chi connectivity index (χ3n) is 3.98. The van der Waals surface area contributed by atoms with Crippen molar-refractivity contribution in [1.82, 2.24) is 14.5 Å². The minimum Gasteiger partial charge on any atom is -0.619 e. The zero-order valence-corrected chi connectivity index (χ0v) is 15.2. The van der Waals surface area contributed by atoms with Crippen molar-refractivity contribution in [3.63, 3.8) is 0 Å². The molecule has 0 spiro atoms. The van der Waals surface area contributed by atoms with Crippen molar-refractivity contribution in [2.75, 3.05) is 5.32 Å². The fourth-order valence-electron chi connectivity index (χ4n) is 2.63. The quantitative estimate of drug-likeness (QED) is 0.437. The number of pyridine rings is 1. The predicted octanol–water partition coefficient (Wildman–Crippen LogP) is 3.10. The van der Waals surface area contributed by atoms with E-state index in [4.69, 9.17) is 0 Å². The van der Waals surface area contributed by atoms with Gasteiger partial charge in [0, 0.05) is 37.1 Å². The van der Waals surface area contributed by atoms with Gasteiger partial charge in [-0.2, -0.15) is 4.73 Å². The highest BCUT2D eigenvalue weighted by Crippen LogP contribution is 2.38. The molecule has 1 aromatic carbocycles. The van der Waals surface area contributed by atoms with Crippen LogP contribution in [0.25, 0.3) is 22.0 Å². The van der Waals surface area contributed by atoms with E-state index in [1.807, 2.05) is 48.1 Å². The Morgan fingerprint density at radius 3 is 2.59 bits per heavy atom. The second kappa shape index (κ2) is 7.00. The van der Waals surface area contributed by atoms with Gasteiger partial charge in [0.05, 0.1) is 16.1 Å². The molecule has 1 N–H and O–H groups in total. The molecule has 0 fully saturated rings. The summed E-state index contributed by atoms with van der Waals surface area (Å²) in [6.07, 6.45) is 6.16. The minimum atomic E-state index is -0.324. The van der Waals surface area contributed by atoms with Crippen LogP contribution in [0, 0.1) is 5.21 Å². The first kappa shape index (κ1) is 16.9. The molecule has 8 heteroatoms. The van der Waals surface area contributed by atoms with Gasteiger partial charge < -0.3 is 9.77 Å². The number of thiazole rings is 1. The number of hydrogen-bond acceptors (Lipinski definition) is 5. The van der Waals surface area contributed by atoms with Crippen molar-refractivity contribution in [2.45, 2.75) is 0 Å². The van der Waals surface area contributed by atoms with Crippen LogP contribution in [-0.4, -0.2) is 20.4 Å². The highest BCUT2D eigenvalue weighted by Gasteiger charge is 2.19. The lowest BCUT2D eigenvalue weighted by Crippen LogP contribution is -2.25. The number of carbonyl (C=O) groups excluding carboxylic acids is 1. The SMILES string of the molecule is Cn1ccnc1-c1sc(NC(=O)c2cc[n+]([O-])cc2)nc1-c1ccccc1. The Kier molecular flexibility index (Phi) is 4.39. The Bertz CT molecular complexity index is 1090. The molecule has 134 valence electrons. The van der Waals surface area contributed by atoms with Crippen molar-refractivity contribution in [1.29, 1.82) is 0 Å². The summed E-state index contributed by atoms with van der Waals surface area (Å²) in [5, 5.41) is 14.4. The van der Waals surface area contributed by atoms with Gasteiger partial charge in [-0.15, -0.1) is 0 Å². The van der Waals surface area contributed by atoms with Crippen LogP contribution < -0.4 is 10.0 Å². The molecule has 0 aliphatic carbocycles. The van der Waals surface area contributed by atoms with E-state index in [-0.39, 0.29) is 5.91 Å². The topological polar surface area (TPSA) is 86.8 Å². The molecule has 0 atom stereocenters. The van der Waals surface area contributed by atoms with Gasteiger partial charge >= 0.3 is 0 Å². The summed E-state index contributed by atoms with van der Waals surface area (Å²) >= 11 is 1.36. The summed E-state index contributed by atoms with van der Waals surface area (Å²) in [5.74, 6) is 0.453. The fourth-order valence-corrected chi connectivity index (χ4v) is 3.66. The highest BCUT2D eigenvalue weighted by molar-refractivity contribution is 7.19. The van der Waals surface area contributed by atoms with E-state index in [0.717, 1.165) is 22.0 Å². The Hall–Kier alpha value is -3.52. The van der Waals surface area contributed by atoms with Gasteiger partial charge in [0.1, 0.15) is 0 Å². The van der Waals surface area contributed by atoms with Crippen molar-refractivity contribution >= 4 is 22.4 Å². The second-order valence-corrected chi connectivity index (χ2v) is 6.82. The molecule has 27 heavy (non-hydrogen) atoms. The number of benzene rings is 1. The van der Waals surface area contributed by atoms with Crippen LogP contribution in [0.15, 0.2) is 67.3 Å². The Morgan fingerprint density at radius 2 is 1.93 bits per heavy atom. The summed E-state index contributed by atoms with van der Waals surface area (Å²) in [5.41, 5.74) is 2.09. The molecule has 3 heterocycles. The van der Waals surface area contributed by atoms with Gasteiger partial charge in [-0.25, -0.2) is 9.97 Å². The summed E-state index contributed by atoms with van der Waals surface area (Å²) < 4.78 is 2.54. The van der Waals surface area contributed by atoms with E-state index >= 15 is 0 Å². The average Bonchev–Trinajstić information content (AvgIpc) is 3.28. The van der Waals surface area contributed by atoms with Gasteiger partial charge in [0.2, 0.25) is 0 Å². The molecule has 0 radical (unpaired) electrons. The Labute approximate surface area is 159 Å². The minimum absolute atomic E-state index is 0.324. The highest BCUT2D eigenvalue weighted by atomic mass is 32.1. The molecule has 3 aromatic heterocycles. The summed E-state index contributed by atoms with van der Waals surface area (Å²) in [7, 11) is 1.91. The lowest BCUT2D eigenvalue weighted by atomic mass is 10.1. The molecule has 0 aliphatic heterocycles. The van der Waals surface area contributed by atoms with E-state index in [2.05, 4.69) is 15.3 Å². The maximum Gasteiger partial charge on any atom is 0.257 e. The largest absolute Gasteiger partial charge is 0.619 e. The number of carbonyl (C=O) groups is 1. The maximum atomic E-state index is 12.5. The van der Waals surface area contributed by atoms with Crippen molar-refractivity contribution < 1.29 is 9.52 Å². The Balaban J connectivity index is 1.72. The van der Waals surface area contributed by atoms with Gasteiger partial charge in [-0.1, -0.05) is 41.7 Å². The van der Waals surface area contributed by atoms with Gasteiger partial charge in [0.15, 0.2) is 23.3 Å². The molecular weight excluding hydrogens is 362 g/mol. The maximum absolute atomic E-state index is 12.5. The molecule has 0 aliphatic rings. The molecule has 0 saturated carbocycles. The number of aryl methyl sites for hydroxylation is 1. The second-order valence-electron chi connectivity index (χ2n) is 5.83. The number of nitrogens with one attached hydrogen (secondary N) is 1. The van der Waals surface area contributed by atoms with Crippen molar-refractivity contribution in [3.8, 4) is 22.0 Å². The van der Waals surface area contributed by atoms with Crippen LogP contribution in [0.4, 0.5) is 5.13 Å². The normalized spacial score (nSPS) is 10.7. The monoisotopic (exact) mass is 377 g/mol. The first-order valence-corrected chi connectivity index (χ1v) is 8.97. The fraction of sp³-hybridized carbons (Fsp3) is 0.0526. The zero-order valence-electron chi connectivity index (χ0n) is 14.4. The van der Waals surface area contributed by atoms with Crippen LogP contribution in [0.2, 0.25) is 0 Å². The van der Waals surface area contributed by atoms with Gasteiger partial charge in [-0.05, 0) is 0 Å². The first-order valence-electron chi connectivity index (χ1n) is 8.16. The van der Waals surface area contributed by atoms with E-state index in [1.165, 1.54) is 35.9 Å². The molecule has 0 unspecified atom stereocenters. The van der Waals surface area contributed by atoms with Crippen molar-refractivity contribution in [3.05, 3.63) is 78.0 Å². The van der Waals surface area contributed by atoms with Crippen LogP contribution in [0.5, 0.6) is 0 Å². The molecule has 4 aromatic rings. The van der Waals surface area contributed by atoms with Crippen LogP contribution in [-0.2, 0) is 7.05 Å². The van der Waals surface area contributed by atoms with E-state index in [1.54, 1.807) is 6.20 Å². The van der Waals surface area contributed by atoms with E-state index in [0.29, 0.717) is 15.4 Å². The number of anilines is 1. The number of aromatic nitrogens is 4. The third-order valence-corrected chi connectivity index (χ3v) is 4.95. The molecule has 4 rings (SSSR count). The van der Waals surface area contributed by atoms with E-state index in [9.17, 15) is 10.0 Å². The summed E-state index contributed by atoms with van der Waals surface area (Å²) in [6.45, 7) is 0. The van der Waals surface area contributed by atoms with Crippen LogP contribution in [0.1, 0.15) is 10.4 Å². The van der Waals surface area contributed by atoms with Gasteiger partial charge in [0.25, 0.3) is 5.91 Å². The number of rotatable bonds is 4. The number of amides is 1. The lowest BCUT2D eigenvalue weighted by Gasteiger charge is -2.02. The molecule has 0 bridgehead atoms. The third kappa shape index (κ3) is 3.42. The van der Waals surface area contributed by atoms with Crippen LogP contribution >= 0.6 is 11.3 Å². The predicted molar refractivity (Wildman–Crippen MR) is 103 cm³/mol. The number of hydrogen-bond donors (Lipinski definition) is 1. The molecule has 0 saturated heterocycles. The van der Waals surface area contributed by atoms with Crippen molar-refractivity contribution in [2.24, 2.45) is 7.05 Å². The lowest BCUT2D eigenvalue weighted by molar-refractivity contribution is -0.605. The average molecular weight is 377 g/mol. The standard InChI is InChI=1S/C19H15N5O2S/c1-23-12-9-20-17(23)16-15(13-5-3-2-4-6-13)21-19(27-16)22-18(25)14-7-10-24(26)11-8-14/h2-12H,1H3,(H,21,22,25). The Morgan fingerprint density at radius 1 is 1.19 bits per heavy atom.